The number of carbonyl (C=O) groups is 3. The van der Waals surface area contributed by atoms with Gasteiger partial charge in [-0.3, -0.25) is 9.59 Å². The summed E-state index contributed by atoms with van der Waals surface area (Å²) in [5.41, 5.74) is 3.34. The van der Waals surface area contributed by atoms with Gasteiger partial charge in [0.05, 0.1) is 11.2 Å². The molecule has 3 aromatic carbocycles. The van der Waals surface area contributed by atoms with Gasteiger partial charge in [0.15, 0.2) is 0 Å². The zero-order valence-corrected chi connectivity index (χ0v) is 23.1. The lowest BCUT2D eigenvalue weighted by atomic mass is 10.1. The van der Waals surface area contributed by atoms with Crippen molar-refractivity contribution in [1.29, 1.82) is 0 Å². The number of aliphatic hydroxyl groups is 1. The number of amides is 2. The van der Waals surface area contributed by atoms with Gasteiger partial charge in [0.1, 0.15) is 29.4 Å². The van der Waals surface area contributed by atoms with Gasteiger partial charge >= 0.3 is 17.8 Å². The first-order valence-electron chi connectivity index (χ1n) is 11.9. The molecule has 0 bridgehead atoms. The summed E-state index contributed by atoms with van der Waals surface area (Å²) in [6.07, 6.45) is 0. The van der Waals surface area contributed by atoms with E-state index in [1.807, 2.05) is 10.6 Å². The highest BCUT2D eigenvalue weighted by molar-refractivity contribution is 14.1. The van der Waals surface area contributed by atoms with E-state index in [1.165, 1.54) is 12.1 Å². The Kier molecular flexibility index (Phi) is 7.32. The van der Waals surface area contributed by atoms with Gasteiger partial charge < -0.3 is 34.9 Å². The summed E-state index contributed by atoms with van der Waals surface area (Å²) in [7, 11) is 1.79. The molecule has 5 aromatic rings. The topological polar surface area (TPSA) is 154 Å². The van der Waals surface area contributed by atoms with Gasteiger partial charge in [0, 0.05) is 44.6 Å². The molecule has 0 aliphatic rings. The molecule has 2 heterocycles. The van der Waals surface area contributed by atoms with Gasteiger partial charge in [0.2, 0.25) is 0 Å². The monoisotopic (exact) mass is 651 g/mol. The van der Waals surface area contributed by atoms with Gasteiger partial charge in [-0.15, -0.1) is 0 Å². The molecule has 0 aliphatic heterocycles. The summed E-state index contributed by atoms with van der Waals surface area (Å²) >= 11 is 2.12. The smallest absolute Gasteiger partial charge is 0.339 e. The van der Waals surface area contributed by atoms with E-state index < -0.39 is 17.8 Å². The average Bonchev–Trinajstić information content (AvgIpc) is 3.51. The molecule has 0 aliphatic carbocycles. The molecule has 0 unspecified atom stereocenters. The van der Waals surface area contributed by atoms with Gasteiger partial charge in [-0.1, -0.05) is 24.3 Å². The Hall–Kier alpha value is -4.62. The number of benzene rings is 3. The standard InChI is InChI=1S/C29H22IN3O7/c1-33-22-13-23(35)21(29(38)39)12-20(22)25(30)26(33)16-5-3-7-18(11-16)32-28(37)27(36)31-17-6-2-4-15(10-17)24-9-8-19(14-34)40-24/h2-13,34-35H,14H2,1H3,(H,31,36)(H,32,37)(H,38,39). The summed E-state index contributed by atoms with van der Waals surface area (Å²) in [6.45, 7) is -0.229. The van der Waals surface area contributed by atoms with Crippen LogP contribution in [0.5, 0.6) is 5.75 Å². The van der Waals surface area contributed by atoms with Crippen LogP contribution in [0.2, 0.25) is 0 Å². The van der Waals surface area contributed by atoms with Crippen LogP contribution in [0.15, 0.2) is 77.2 Å². The first-order valence-corrected chi connectivity index (χ1v) is 13.0. The number of furan rings is 1. The molecule has 0 saturated carbocycles. The molecule has 0 saturated heterocycles. The number of halogens is 1. The fourth-order valence-corrected chi connectivity index (χ4v) is 5.51. The lowest BCUT2D eigenvalue weighted by Gasteiger charge is -2.10. The Balaban J connectivity index is 1.35. The van der Waals surface area contributed by atoms with Gasteiger partial charge in [0.25, 0.3) is 0 Å². The number of nitrogens with one attached hydrogen (secondary N) is 2. The summed E-state index contributed by atoms with van der Waals surface area (Å²) in [6, 6.07) is 19.9. The van der Waals surface area contributed by atoms with Gasteiger partial charge in [-0.05, 0) is 65.1 Å². The zero-order chi connectivity index (χ0) is 28.6. The van der Waals surface area contributed by atoms with Gasteiger partial charge in [-0.2, -0.15) is 0 Å². The maximum Gasteiger partial charge on any atom is 0.339 e. The van der Waals surface area contributed by atoms with Crippen LogP contribution in [0.25, 0.3) is 33.5 Å². The number of aliphatic hydroxyl groups excluding tert-OH is 1. The van der Waals surface area contributed by atoms with Crippen LogP contribution in [0.4, 0.5) is 11.4 Å². The molecule has 5 rings (SSSR count). The largest absolute Gasteiger partial charge is 0.507 e. The molecule has 2 aromatic heterocycles. The van der Waals surface area contributed by atoms with Crippen molar-refractivity contribution < 1.29 is 34.1 Å². The number of anilines is 2. The lowest BCUT2D eigenvalue weighted by molar-refractivity contribution is -0.132. The van der Waals surface area contributed by atoms with Crippen molar-refractivity contribution in [3.05, 3.63) is 87.7 Å². The van der Waals surface area contributed by atoms with Crippen LogP contribution in [0.1, 0.15) is 16.1 Å². The fourth-order valence-electron chi connectivity index (χ4n) is 4.41. The van der Waals surface area contributed by atoms with E-state index in [2.05, 4.69) is 33.2 Å². The number of carboxylic acid groups (broad SMARTS) is 1. The minimum atomic E-state index is -1.23. The molecule has 0 fully saturated rings. The average molecular weight is 651 g/mol. The molecule has 40 heavy (non-hydrogen) atoms. The van der Waals surface area contributed by atoms with Crippen LogP contribution >= 0.6 is 22.6 Å². The van der Waals surface area contributed by atoms with Crippen molar-refractivity contribution in [3.63, 3.8) is 0 Å². The van der Waals surface area contributed by atoms with E-state index in [-0.39, 0.29) is 17.9 Å². The molecule has 202 valence electrons. The molecule has 0 atom stereocenters. The van der Waals surface area contributed by atoms with E-state index in [1.54, 1.807) is 61.6 Å². The maximum atomic E-state index is 12.7. The summed E-state index contributed by atoms with van der Waals surface area (Å²) < 4.78 is 8.12. The number of aromatic hydroxyl groups is 1. The predicted molar refractivity (Wildman–Crippen MR) is 157 cm³/mol. The van der Waals surface area contributed by atoms with E-state index in [0.717, 1.165) is 9.26 Å². The number of aryl methyl sites for hydroxylation is 1. The number of carboxylic acids is 1. The zero-order valence-electron chi connectivity index (χ0n) is 20.9. The maximum absolute atomic E-state index is 12.7. The number of phenols is 1. The first kappa shape index (κ1) is 27.0. The number of fused-ring (bicyclic) bond motifs is 1. The second-order valence-electron chi connectivity index (χ2n) is 8.91. The SMILES string of the molecule is Cn1c(-c2cccc(NC(=O)C(=O)Nc3cccc(-c4ccc(CO)o4)c3)c2)c(I)c2cc(C(=O)O)c(O)cc21. The third kappa shape index (κ3) is 5.16. The number of nitrogens with zero attached hydrogens (tertiary/aromatic N) is 1. The number of carbonyl (C=O) groups excluding carboxylic acids is 2. The second-order valence-corrected chi connectivity index (χ2v) is 9.99. The van der Waals surface area contributed by atoms with Crippen LogP contribution in [-0.4, -0.2) is 37.7 Å². The van der Waals surface area contributed by atoms with Crippen molar-refractivity contribution in [1.82, 2.24) is 4.57 Å². The Morgan fingerprint density at radius 2 is 1.52 bits per heavy atom. The Morgan fingerprint density at radius 1 is 0.900 bits per heavy atom. The number of rotatable bonds is 6. The highest BCUT2D eigenvalue weighted by atomic mass is 127. The molecule has 0 spiro atoms. The highest BCUT2D eigenvalue weighted by Gasteiger charge is 2.21. The molecule has 5 N–H and O–H groups in total. The molecule has 0 radical (unpaired) electrons. The number of hydrogen-bond acceptors (Lipinski definition) is 6. The third-order valence-electron chi connectivity index (χ3n) is 6.31. The number of aromatic nitrogens is 1. The van der Waals surface area contributed by atoms with Crippen molar-refractivity contribution in [2.75, 3.05) is 10.6 Å². The van der Waals surface area contributed by atoms with E-state index >= 15 is 0 Å². The van der Waals surface area contributed by atoms with E-state index in [9.17, 15) is 29.7 Å². The van der Waals surface area contributed by atoms with Crippen LogP contribution < -0.4 is 10.6 Å². The fraction of sp³-hybridized carbons (Fsp3) is 0.0690. The quantitative estimate of drug-likeness (QED) is 0.125. The van der Waals surface area contributed by atoms with Crippen LogP contribution in [-0.2, 0) is 23.2 Å². The third-order valence-corrected chi connectivity index (χ3v) is 7.40. The van der Waals surface area contributed by atoms with Crippen molar-refractivity contribution in [2.24, 2.45) is 7.05 Å². The normalized spacial score (nSPS) is 11.0. The second kappa shape index (κ2) is 10.9. The van der Waals surface area contributed by atoms with Crippen LogP contribution in [0, 0.1) is 3.57 Å². The molecule has 10 nitrogen and oxygen atoms in total. The van der Waals surface area contributed by atoms with E-state index in [0.29, 0.717) is 44.9 Å². The van der Waals surface area contributed by atoms with Crippen molar-refractivity contribution in [2.45, 2.75) is 6.61 Å². The minimum absolute atomic E-state index is 0.195. The summed E-state index contributed by atoms with van der Waals surface area (Å²) in [5.74, 6) is -2.38. The van der Waals surface area contributed by atoms with Crippen molar-refractivity contribution in [3.8, 4) is 28.3 Å². The Morgan fingerprint density at radius 3 is 2.12 bits per heavy atom. The highest BCUT2D eigenvalue weighted by Crippen LogP contribution is 2.37. The van der Waals surface area contributed by atoms with E-state index in [4.69, 9.17) is 4.42 Å². The number of aromatic carboxylic acids is 1. The van der Waals surface area contributed by atoms with Crippen LogP contribution in [0.3, 0.4) is 0 Å². The summed E-state index contributed by atoms with van der Waals surface area (Å²) in [5, 5.41) is 34.6. The lowest BCUT2D eigenvalue weighted by Crippen LogP contribution is -2.29. The Bertz CT molecular complexity index is 1800. The van der Waals surface area contributed by atoms with Crippen molar-refractivity contribution >= 4 is 62.7 Å². The molecular formula is C29H22IN3O7. The molecule has 2 amide bonds. The molecule has 11 heteroatoms. The molecular weight excluding hydrogens is 629 g/mol. The first-order chi connectivity index (χ1) is 19.2. The van der Waals surface area contributed by atoms with Gasteiger partial charge in [-0.25, -0.2) is 4.79 Å². The summed E-state index contributed by atoms with van der Waals surface area (Å²) in [4.78, 5) is 36.9. The number of hydrogen-bond donors (Lipinski definition) is 5. The predicted octanol–water partition coefficient (Wildman–Crippen LogP) is 5.18. The minimum Gasteiger partial charge on any atom is -0.507 e. The Labute approximate surface area is 241 Å².